The van der Waals surface area contributed by atoms with E-state index in [4.69, 9.17) is 9.84 Å². The molecule has 8 nitrogen and oxygen atoms in total. The molecule has 0 radical (unpaired) electrons. The average molecular weight is 432 g/mol. The Morgan fingerprint density at radius 1 is 1.07 bits per heavy atom. The van der Waals surface area contributed by atoms with Crippen LogP contribution >= 0.6 is 0 Å². The maximum atomic E-state index is 12.0. The number of carbonyl (C=O) groups is 2. The first-order valence-corrected chi connectivity index (χ1v) is 10.7. The number of rotatable bonds is 11. The summed E-state index contributed by atoms with van der Waals surface area (Å²) < 4.78 is 31.2. The van der Waals surface area contributed by atoms with E-state index in [-0.39, 0.29) is 6.54 Å². The van der Waals surface area contributed by atoms with Crippen molar-refractivity contribution in [2.75, 3.05) is 19.7 Å². The van der Waals surface area contributed by atoms with E-state index >= 15 is 0 Å². The second-order valence-corrected chi connectivity index (χ2v) is 8.16. The van der Waals surface area contributed by atoms with Gasteiger partial charge in [-0.05, 0) is 42.7 Å². The van der Waals surface area contributed by atoms with Crippen LogP contribution in [0.3, 0.4) is 0 Å². The molecule has 0 aromatic heterocycles. The summed E-state index contributed by atoms with van der Waals surface area (Å²) in [4.78, 5) is 22.3. The number of hydrogen-bond donors (Lipinski definition) is 3. The quantitative estimate of drug-likeness (QED) is 0.497. The van der Waals surface area contributed by atoms with Crippen LogP contribution in [0.1, 0.15) is 16.7 Å². The number of amides is 1. The molecule has 1 amide bonds. The summed E-state index contributed by atoms with van der Waals surface area (Å²) in [7, 11) is -3.73. The number of sulfonamides is 1. The minimum Gasteiger partial charge on any atom is -0.482 e. The molecule has 2 aromatic rings. The fourth-order valence-corrected chi connectivity index (χ4v) is 3.13. The highest BCUT2D eigenvalue weighted by molar-refractivity contribution is 7.92. The maximum Gasteiger partial charge on any atom is 0.341 e. The SMILES string of the molecule is Cc1ccc(/C=C/S(=O)(=O)NCC(=O)NCCc2ccc(OCC(=O)O)cc2)cc1. The molecular weight excluding hydrogens is 408 g/mol. The zero-order valence-corrected chi connectivity index (χ0v) is 17.3. The van der Waals surface area contributed by atoms with Crippen molar-refractivity contribution in [2.24, 2.45) is 0 Å². The Kier molecular flexibility index (Phi) is 8.57. The van der Waals surface area contributed by atoms with Crippen LogP contribution in [-0.2, 0) is 26.0 Å². The standard InChI is InChI=1S/C21H24N2O6S/c1-16-2-4-18(5-3-16)11-13-30(27,28)23-14-20(24)22-12-10-17-6-8-19(9-7-17)29-15-21(25)26/h2-9,11,13,23H,10,12,14-15H2,1H3,(H,22,24)(H,25,26)/b13-11+. The van der Waals surface area contributed by atoms with Gasteiger partial charge in [0.1, 0.15) is 5.75 Å². The highest BCUT2D eigenvalue weighted by Crippen LogP contribution is 2.12. The maximum absolute atomic E-state index is 12.0. The van der Waals surface area contributed by atoms with Crippen LogP contribution < -0.4 is 14.8 Å². The van der Waals surface area contributed by atoms with Crippen LogP contribution in [0.2, 0.25) is 0 Å². The van der Waals surface area contributed by atoms with E-state index in [0.717, 1.165) is 22.1 Å². The summed E-state index contributed by atoms with van der Waals surface area (Å²) in [5, 5.41) is 12.2. The molecular formula is C21H24N2O6S. The van der Waals surface area contributed by atoms with Crippen LogP contribution in [0.15, 0.2) is 53.9 Å². The molecule has 30 heavy (non-hydrogen) atoms. The number of carboxylic acid groups (broad SMARTS) is 1. The first kappa shape index (κ1) is 23.1. The Hall–Kier alpha value is -3.17. The number of nitrogens with one attached hydrogen (secondary N) is 2. The van der Waals surface area contributed by atoms with E-state index in [9.17, 15) is 18.0 Å². The highest BCUT2D eigenvalue weighted by Gasteiger charge is 2.08. The topological polar surface area (TPSA) is 122 Å². The van der Waals surface area contributed by atoms with Gasteiger partial charge in [-0.3, -0.25) is 4.79 Å². The molecule has 0 aliphatic heterocycles. The van der Waals surface area contributed by atoms with Crippen molar-refractivity contribution in [3.05, 3.63) is 70.6 Å². The monoisotopic (exact) mass is 432 g/mol. The number of aryl methyl sites for hydroxylation is 1. The second-order valence-electron chi connectivity index (χ2n) is 6.51. The predicted molar refractivity (Wildman–Crippen MR) is 113 cm³/mol. The zero-order chi connectivity index (χ0) is 22.0. The number of carboxylic acids is 1. The zero-order valence-electron chi connectivity index (χ0n) is 16.5. The van der Waals surface area contributed by atoms with Crippen molar-refractivity contribution in [3.8, 4) is 5.75 Å². The third-order valence-corrected chi connectivity index (χ3v) is 5.01. The Labute approximate surface area is 175 Å². The highest BCUT2D eigenvalue weighted by atomic mass is 32.2. The number of ether oxygens (including phenoxy) is 1. The van der Waals surface area contributed by atoms with Crippen molar-refractivity contribution >= 4 is 28.0 Å². The Bertz CT molecular complexity index is 983. The van der Waals surface area contributed by atoms with Crippen LogP contribution in [0.4, 0.5) is 0 Å². The van der Waals surface area contributed by atoms with Crippen LogP contribution in [-0.4, -0.2) is 45.1 Å². The van der Waals surface area contributed by atoms with E-state index in [0.29, 0.717) is 18.7 Å². The van der Waals surface area contributed by atoms with Crippen molar-refractivity contribution in [2.45, 2.75) is 13.3 Å². The first-order valence-electron chi connectivity index (χ1n) is 9.18. The van der Waals surface area contributed by atoms with Gasteiger partial charge in [-0.1, -0.05) is 42.0 Å². The van der Waals surface area contributed by atoms with Gasteiger partial charge in [0.2, 0.25) is 15.9 Å². The molecule has 2 rings (SSSR count). The lowest BCUT2D eigenvalue weighted by atomic mass is 10.1. The Morgan fingerprint density at radius 2 is 1.73 bits per heavy atom. The van der Waals surface area contributed by atoms with Crippen molar-refractivity contribution in [3.63, 3.8) is 0 Å². The van der Waals surface area contributed by atoms with Gasteiger partial charge in [0.25, 0.3) is 0 Å². The van der Waals surface area contributed by atoms with Gasteiger partial charge in [-0.25, -0.2) is 17.9 Å². The second kappa shape index (κ2) is 11.1. The van der Waals surface area contributed by atoms with E-state index in [1.165, 1.54) is 6.08 Å². The molecule has 0 bridgehead atoms. The molecule has 0 fully saturated rings. The molecule has 0 unspecified atom stereocenters. The normalized spacial score (nSPS) is 11.4. The lowest BCUT2D eigenvalue weighted by Crippen LogP contribution is -2.36. The minimum absolute atomic E-state index is 0.328. The lowest BCUT2D eigenvalue weighted by molar-refractivity contribution is -0.139. The molecule has 0 aliphatic carbocycles. The number of carbonyl (C=O) groups excluding carboxylic acids is 1. The van der Waals surface area contributed by atoms with Crippen molar-refractivity contribution < 1.29 is 27.9 Å². The molecule has 2 aromatic carbocycles. The smallest absolute Gasteiger partial charge is 0.341 e. The van der Waals surface area contributed by atoms with Gasteiger partial charge in [0, 0.05) is 12.0 Å². The van der Waals surface area contributed by atoms with Gasteiger partial charge < -0.3 is 15.2 Å². The van der Waals surface area contributed by atoms with Crippen molar-refractivity contribution in [1.82, 2.24) is 10.0 Å². The van der Waals surface area contributed by atoms with Gasteiger partial charge in [0.05, 0.1) is 6.54 Å². The van der Waals surface area contributed by atoms with Crippen molar-refractivity contribution in [1.29, 1.82) is 0 Å². The first-order chi connectivity index (χ1) is 14.2. The molecule has 0 atom stereocenters. The molecule has 160 valence electrons. The number of hydrogen-bond acceptors (Lipinski definition) is 5. The van der Waals surface area contributed by atoms with Crippen LogP contribution in [0, 0.1) is 6.92 Å². The molecule has 0 heterocycles. The Morgan fingerprint density at radius 3 is 2.37 bits per heavy atom. The van der Waals surface area contributed by atoms with E-state index in [1.807, 2.05) is 19.1 Å². The summed E-state index contributed by atoms with van der Waals surface area (Å²) in [6.45, 7) is 1.50. The summed E-state index contributed by atoms with van der Waals surface area (Å²) in [5.74, 6) is -1.05. The predicted octanol–water partition coefficient (Wildman–Crippen LogP) is 1.71. The van der Waals surface area contributed by atoms with E-state index in [1.54, 1.807) is 36.4 Å². The summed E-state index contributed by atoms with van der Waals surface area (Å²) in [6.07, 6.45) is 1.99. The minimum atomic E-state index is -3.73. The van der Waals surface area contributed by atoms with Crippen LogP contribution in [0.25, 0.3) is 6.08 Å². The lowest BCUT2D eigenvalue weighted by Gasteiger charge is -2.07. The number of aliphatic carboxylic acids is 1. The third-order valence-electron chi connectivity index (χ3n) is 3.97. The summed E-state index contributed by atoms with van der Waals surface area (Å²) >= 11 is 0. The summed E-state index contributed by atoms with van der Waals surface area (Å²) in [5.41, 5.74) is 2.74. The molecule has 0 saturated carbocycles. The van der Waals surface area contributed by atoms with Gasteiger partial charge >= 0.3 is 5.97 Å². The van der Waals surface area contributed by atoms with Crippen LogP contribution in [0.5, 0.6) is 5.75 Å². The Balaban J connectivity index is 1.71. The molecule has 0 aliphatic rings. The fourth-order valence-electron chi connectivity index (χ4n) is 2.37. The summed E-state index contributed by atoms with van der Waals surface area (Å²) in [6, 6.07) is 14.2. The molecule has 9 heteroatoms. The third kappa shape index (κ3) is 8.89. The molecule has 3 N–H and O–H groups in total. The van der Waals surface area contributed by atoms with Gasteiger partial charge in [-0.15, -0.1) is 0 Å². The van der Waals surface area contributed by atoms with Gasteiger partial charge in [0.15, 0.2) is 6.61 Å². The van der Waals surface area contributed by atoms with E-state index < -0.39 is 28.5 Å². The average Bonchev–Trinajstić information content (AvgIpc) is 2.71. The molecule has 0 saturated heterocycles. The largest absolute Gasteiger partial charge is 0.482 e. The van der Waals surface area contributed by atoms with E-state index in [2.05, 4.69) is 10.0 Å². The number of benzene rings is 2. The fraction of sp³-hybridized carbons (Fsp3) is 0.238. The molecule has 0 spiro atoms. The van der Waals surface area contributed by atoms with Gasteiger partial charge in [-0.2, -0.15) is 0 Å².